The summed E-state index contributed by atoms with van der Waals surface area (Å²) in [6.07, 6.45) is 2.15. The highest BCUT2D eigenvalue weighted by Gasteiger charge is 2.37. The van der Waals surface area contributed by atoms with Crippen LogP contribution < -0.4 is 4.90 Å². The van der Waals surface area contributed by atoms with Crippen LogP contribution in [-0.2, 0) is 4.74 Å². The quantitative estimate of drug-likeness (QED) is 0.824. The smallest absolute Gasteiger partial charge is 0.208 e. The summed E-state index contributed by atoms with van der Waals surface area (Å²) < 4.78 is 5.94. The molecule has 0 amide bonds. The van der Waals surface area contributed by atoms with Crippen molar-refractivity contribution < 1.29 is 4.74 Å². The zero-order chi connectivity index (χ0) is 16.0. The van der Waals surface area contributed by atoms with E-state index in [9.17, 15) is 0 Å². The molecule has 3 nitrogen and oxygen atoms in total. The van der Waals surface area contributed by atoms with Gasteiger partial charge in [-0.25, -0.2) is 0 Å². The van der Waals surface area contributed by atoms with Crippen molar-refractivity contribution in [1.29, 1.82) is 0 Å². The monoisotopic (exact) mass is 306 g/mol. The molecule has 2 aromatic rings. The largest absolute Gasteiger partial charge is 0.475 e. The van der Waals surface area contributed by atoms with Crippen LogP contribution in [0, 0.1) is 20.8 Å². The van der Waals surface area contributed by atoms with E-state index in [4.69, 9.17) is 4.74 Å². The summed E-state index contributed by atoms with van der Waals surface area (Å²) in [5, 5.41) is 0. The van der Waals surface area contributed by atoms with Crippen molar-refractivity contribution in [2.75, 3.05) is 18.2 Å². The number of hydrogen-bond acceptors (Lipinski definition) is 3. The van der Waals surface area contributed by atoms with E-state index in [-0.39, 0.29) is 0 Å². The van der Waals surface area contributed by atoms with Crippen molar-refractivity contribution in [2.24, 2.45) is 0 Å². The Morgan fingerprint density at radius 1 is 1.00 bits per heavy atom. The van der Waals surface area contributed by atoms with Gasteiger partial charge in [0.2, 0.25) is 5.88 Å². The highest BCUT2D eigenvalue weighted by Crippen LogP contribution is 2.39. The highest BCUT2D eigenvalue weighted by atomic mass is 16.5. The van der Waals surface area contributed by atoms with E-state index in [2.05, 4.69) is 79.2 Å². The molecule has 0 unspecified atom stereocenters. The molecule has 2 aliphatic heterocycles. The van der Waals surface area contributed by atoms with Crippen LogP contribution in [0.25, 0.3) is 0 Å². The van der Waals surface area contributed by atoms with Crippen molar-refractivity contribution in [3.8, 4) is 0 Å². The second-order valence-electron chi connectivity index (χ2n) is 6.53. The van der Waals surface area contributed by atoms with Crippen LogP contribution in [0.2, 0.25) is 0 Å². The average molecular weight is 306 g/mol. The van der Waals surface area contributed by atoms with E-state index in [1.54, 1.807) is 0 Å². The minimum atomic E-state index is 0.304. The molecule has 0 aromatic heterocycles. The number of rotatable bonds is 2. The lowest BCUT2D eigenvalue weighted by molar-refractivity contribution is 0.245. The van der Waals surface area contributed by atoms with Gasteiger partial charge >= 0.3 is 0 Å². The fourth-order valence-electron chi connectivity index (χ4n) is 3.82. The lowest BCUT2D eigenvalue weighted by Gasteiger charge is -2.26. The van der Waals surface area contributed by atoms with Gasteiger partial charge in [0.15, 0.2) is 0 Å². The molecule has 0 bridgehead atoms. The topological polar surface area (TPSA) is 15.7 Å². The molecular formula is C20H22N2O. The molecule has 0 N–H and O–H groups in total. The Labute approximate surface area is 137 Å². The van der Waals surface area contributed by atoms with Gasteiger partial charge < -0.3 is 14.5 Å². The van der Waals surface area contributed by atoms with Gasteiger partial charge in [0.25, 0.3) is 0 Å². The average Bonchev–Trinajstić information content (AvgIpc) is 3.07. The van der Waals surface area contributed by atoms with Crippen molar-refractivity contribution in [3.05, 3.63) is 76.8 Å². The number of ether oxygens (including phenoxy) is 1. The molecule has 1 saturated heterocycles. The van der Waals surface area contributed by atoms with Crippen LogP contribution in [0.4, 0.5) is 5.69 Å². The van der Waals surface area contributed by atoms with Crippen LogP contribution in [0.3, 0.4) is 0 Å². The summed E-state index contributed by atoms with van der Waals surface area (Å²) in [6.45, 7) is 8.10. The van der Waals surface area contributed by atoms with E-state index in [0.29, 0.717) is 6.04 Å². The Morgan fingerprint density at radius 3 is 2.39 bits per heavy atom. The molecule has 0 saturated carbocycles. The van der Waals surface area contributed by atoms with Crippen LogP contribution in [0.15, 0.2) is 54.5 Å². The summed E-state index contributed by atoms with van der Waals surface area (Å²) in [5.41, 5.74) is 6.56. The van der Waals surface area contributed by atoms with Gasteiger partial charge in [-0.3, -0.25) is 0 Å². The van der Waals surface area contributed by atoms with Crippen molar-refractivity contribution in [1.82, 2.24) is 4.90 Å². The van der Waals surface area contributed by atoms with Crippen molar-refractivity contribution in [3.63, 3.8) is 0 Å². The predicted octanol–water partition coefficient (Wildman–Crippen LogP) is 4.26. The lowest BCUT2D eigenvalue weighted by atomic mass is 10.0. The predicted molar refractivity (Wildman–Crippen MR) is 93.1 cm³/mol. The SMILES string of the molecule is Cc1cc(C)c(N2C=C3OC[C@H](c4ccccc4)N3C2)c(C)c1. The number of nitrogens with zero attached hydrogens (tertiary/aromatic N) is 2. The third kappa shape index (κ3) is 2.37. The molecular weight excluding hydrogens is 284 g/mol. The van der Waals surface area contributed by atoms with Gasteiger partial charge in [0.1, 0.15) is 6.61 Å². The molecule has 4 rings (SSSR count). The first kappa shape index (κ1) is 14.2. The Balaban J connectivity index is 1.64. The highest BCUT2D eigenvalue weighted by molar-refractivity contribution is 5.63. The first-order valence-electron chi connectivity index (χ1n) is 8.14. The summed E-state index contributed by atoms with van der Waals surface area (Å²) >= 11 is 0. The second kappa shape index (κ2) is 5.34. The molecule has 1 atom stereocenters. The summed E-state index contributed by atoms with van der Waals surface area (Å²) in [5.74, 6) is 0.984. The molecule has 23 heavy (non-hydrogen) atoms. The zero-order valence-electron chi connectivity index (χ0n) is 13.9. The van der Waals surface area contributed by atoms with Crippen LogP contribution in [-0.4, -0.2) is 18.2 Å². The van der Waals surface area contributed by atoms with Gasteiger partial charge in [-0.2, -0.15) is 0 Å². The summed E-state index contributed by atoms with van der Waals surface area (Å²) in [7, 11) is 0. The van der Waals surface area contributed by atoms with E-state index in [1.165, 1.54) is 27.9 Å². The Bertz CT molecular complexity index is 743. The first-order chi connectivity index (χ1) is 11.1. The molecule has 2 aromatic carbocycles. The standard InChI is InChI=1S/C20H22N2O/c1-14-9-15(2)20(16(3)10-14)21-11-19-22(13-21)18(12-23-19)17-7-5-4-6-8-17/h4-11,18H,12-13H2,1-3H3/t18-/m1/s1. The normalized spacial score (nSPS) is 19.6. The second-order valence-corrected chi connectivity index (χ2v) is 6.53. The van der Waals surface area contributed by atoms with Crippen LogP contribution in [0.5, 0.6) is 0 Å². The van der Waals surface area contributed by atoms with Gasteiger partial charge in [-0.1, -0.05) is 48.0 Å². The minimum Gasteiger partial charge on any atom is -0.475 e. The van der Waals surface area contributed by atoms with Gasteiger partial charge in [0, 0.05) is 5.69 Å². The number of aryl methyl sites for hydroxylation is 3. The number of benzene rings is 2. The molecule has 2 heterocycles. The molecule has 0 radical (unpaired) electrons. The Hall–Kier alpha value is -2.42. The number of fused-ring (bicyclic) bond motifs is 1. The van der Waals surface area contributed by atoms with Crippen molar-refractivity contribution >= 4 is 5.69 Å². The zero-order valence-corrected chi connectivity index (χ0v) is 13.9. The third-order valence-electron chi connectivity index (χ3n) is 4.73. The van der Waals surface area contributed by atoms with Crippen LogP contribution in [0.1, 0.15) is 28.3 Å². The van der Waals surface area contributed by atoms with E-state index >= 15 is 0 Å². The van der Waals surface area contributed by atoms with Gasteiger partial charge in [-0.05, 0) is 37.5 Å². The Kier molecular flexibility index (Phi) is 3.29. The summed E-state index contributed by atoms with van der Waals surface area (Å²) in [4.78, 5) is 4.67. The maximum absolute atomic E-state index is 5.94. The summed E-state index contributed by atoms with van der Waals surface area (Å²) in [6, 6.07) is 15.4. The Morgan fingerprint density at radius 2 is 1.70 bits per heavy atom. The molecule has 0 aliphatic carbocycles. The molecule has 118 valence electrons. The van der Waals surface area contributed by atoms with E-state index in [1.807, 2.05) is 0 Å². The fourth-order valence-corrected chi connectivity index (χ4v) is 3.82. The lowest BCUT2D eigenvalue weighted by Crippen LogP contribution is -2.29. The molecule has 2 aliphatic rings. The first-order valence-corrected chi connectivity index (χ1v) is 8.14. The fraction of sp³-hybridized carbons (Fsp3) is 0.300. The van der Waals surface area contributed by atoms with Gasteiger partial charge in [-0.15, -0.1) is 0 Å². The van der Waals surface area contributed by atoms with Crippen molar-refractivity contribution in [2.45, 2.75) is 26.8 Å². The molecule has 1 fully saturated rings. The maximum Gasteiger partial charge on any atom is 0.208 e. The minimum absolute atomic E-state index is 0.304. The molecule has 3 heteroatoms. The maximum atomic E-state index is 5.94. The van der Waals surface area contributed by atoms with E-state index < -0.39 is 0 Å². The number of hydrogen-bond donors (Lipinski definition) is 0. The van der Waals surface area contributed by atoms with Gasteiger partial charge in [0.05, 0.1) is 18.9 Å². The van der Waals surface area contributed by atoms with E-state index in [0.717, 1.165) is 19.2 Å². The third-order valence-corrected chi connectivity index (χ3v) is 4.73. The molecule has 0 spiro atoms. The number of anilines is 1. The van der Waals surface area contributed by atoms with Crippen LogP contribution >= 0.6 is 0 Å².